The van der Waals surface area contributed by atoms with E-state index in [2.05, 4.69) is 38.3 Å². The molecule has 2 aromatic heterocycles. The Hall–Kier alpha value is -4.24. The standard InChI is InChI=1S/C33H34N4O4/c1-23-29-19-26(25-7-3-2-4-8-25)10-12-30(29)41-32(23)33(39)35-27-11-13-31(34-20-27)37-16-14-36(15-17-37)22-40-28-9-5-6-24(18-28)21-38/h2-8,10-13,18-20,28,38H,9,14-17,21-22H2,1H3,(H,35,39). The number of ether oxygens (including phenoxy) is 1. The maximum atomic E-state index is 13.1. The third-order valence-electron chi connectivity index (χ3n) is 7.71. The molecule has 1 amide bonds. The Balaban J connectivity index is 1.04. The molecule has 8 heteroatoms. The van der Waals surface area contributed by atoms with Crippen LogP contribution in [0.25, 0.3) is 22.1 Å². The second kappa shape index (κ2) is 12.1. The normalized spacial score (nSPS) is 17.6. The highest BCUT2D eigenvalue weighted by Gasteiger charge is 2.21. The second-order valence-corrected chi connectivity index (χ2v) is 10.5. The van der Waals surface area contributed by atoms with Gasteiger partial charge in [-0.25, -0.2) is 4.98 Å². The molecular formula is C33H34N4O4. The zero-order chi connectivity index (χ0) is 28.2. The average molecular weight is 551 g/mol. The number of amides is 1. The maximum absolute atomic E-state index is 13.1. The van der Waals surface area contributed by atoms with Gasteiger partial charge >= 0.3 is 0 Å². The average Bonchev–Trinajstić information content (AvgIpc) is 3.37. The van der Waals surface area contributed by atoms with Crippen LogP contribution in [0.15, 0.2) is 95.1 Å². The zero-order valence-electron chi connectivity index (χ0n) is 23.1. The van der Waals surface area contributed by atoms with Crippen LogP contribution in [0, 0.1) is 6.92 Å². The molecular weight excluding hydrogens is 516 g/mol. The number of aliphatic hydroxyl groups excluding tert-OH is 1. The molecule has 41 heavy (non-hydrogen) atoms. The zero-order valence-corrected chi connectivity index (χ0v) is 23.1. The first-order valence-corrected chi connectivity index (χ1v) is 14.0. The first-order valence-electron chi connectivity index (χ1n) is 14.0. The Bertz CT molecular complexity index is 1570. The van der Waals surface area contributed by atoms with Crippen LogP contribution in [0.5, 0.6) is 0 Å². The number of furan rings is 1. The summed E-state index contributed by atoms with van der Waals surface area (Å²) in [5.74, 6) is 0.891. The minimum Gasteiger partial charge on any atom is -0.451 e. The fourth-order valence-electron chi connectivity index (χ4n) is 5.33. The van der Waals surface area contributed by atoms with Crippen LogP contribution < -0.4 is 10.2 Å². The lowest BCUT2D eigenvalue weighted by molar-refractivity contribution is -0.00398. The van der Waals surface area contributed by atoms with E-state index in [9.17, 15) is 9.90 Å². The van der Waals surface area contributed by atoms with Crippen molar-refractivity contribution >= 4 is 28.4 Å². The smallest absolute Gasteiger partial charge is 0.291 e. The molecule has 1 unspecified atom stereocenters. The molecule has 0 radical (unpaired) electrons. The predicted molar refractivity (Wildman–Crippen MR) is 161 cm³/mol. The number of anilines is 2. The van der Waals surface area contributed by atoms with Gasteiger partial charge in [0.25, 0.3) is 5.91 Å². The first-order chi connectivity index (χ1) is 20.1. The number of nitrogens with one attached hydrogen (secondary N) is 1. The predicted octanol–water partition coefficient (Wildman–Crippen LogP) is 5.40. The minimum absolute atomic E-state index is 0.0136. The van der Waals surface area contributed by atoms with Gasteiger partial charge in [-0.2, -0.15) is 0 Å². The largest absolute Gasteiger partial charge is 0.451 e. The summed E-state index contributed by atoms with van der Waals surface area (Å²) in [4.78, 5) is 22.3. The molecule has 1 atom stereocenters. The van der Waals surface area contributed by atoms with Crippen LogP contribution in [0.3, 0.4) is 0 Å². The number of piperazine rings is 1. The summed E-state index contributed by atoms with van der Waals surface area (Å²) in [7, 11) is 0. The Morgan fingerprint density at radius 1 is 1.07 bits per heavy atom. The molecule has 0 spiro atoms. The molecule has 1 aliphatic carbocycles. The number of pyridine rings is 1. The highest BCUT2D eigenvalue weighted by Crippen LogP contribution is 2.31. The molecule has 1 saturated heterocycles. The maximum Gasteiger partial charge on any atom is 0.291 e. The van der Waals surface area contributed by atoms with Crippen molar-refractivity contribution in [3.8, 4) is 11.1 Å². The van der Waals surface area contributed by atoms with E-state index >= 15 is 0 Å². The van der Waals surface area contributed by atoms with Gasteiger partial charge in [-0.1, -0.05) is 54.6 Å². The summed E-state index contributed by atoms with van der Waals surface area (Å²) in [5.41, 5.74) is 5.22. The molecule has 1 aliphatic heterocycles. The Kier molecular flexibility index (Phi) is 7.95. The van der Waals surface area contributed by atoms with Gasteiger partial charge in [0.1, 0.15) is 11.4 Å². The van der Waals surface area contributed by atoms with Gasteiger partial charge in [-0.3, -0.25) is 9.69 Å². The van der Waals surface area contributed by atoms with Crippen molar-refractivity contribution in [1.82, 2.24) is 9.88 Å². The quantitative estimate of drug-likeness (QED) is 0.304. The van der Waals surface area contributed by atoms with Gasteiger partial charge in [0.15, 0.2) is 5.76 Å². The van der Waals surface area contributed by atoms with E-state index in [4.69, 9.17) is 9.15 Å². The van der Waals surface area contributed by atoms with Crippen molar-refractivity contribution in [2.24, 2.45) is 0 Å². The van der Waals surface area contributed by atoms with E-state index < -0.39 is 0 Å². The molecule has 1 fully saturated rings. The molecule has 0 saturated carbocycles. The summed E-state index contributed by atoms with van der Waals surface area (Å²) in [6, 6.07) is 20.0. The summed E-state index contributed by atoms with van der Waals surface area (Å²) in [6.45, 7) is 5.94. The number of fused-ring (bicyclic) bond motifs is 1. The lowest BCUT2D eigenvalue weighted by Gasteiger charge is -2.35. The first kappa shape index (κ1) is 27.0. The number of nitrogens with zero attached hydrogens (tertiary/aromatic N) is 3. The number of carbonyl (C=O) groups excluding carboxylic acids is 1. The molecule has 2 aromatic carbocycles. The van der Waals surface area contributed by atoms with E-state index in [-0.39, 0.29) is 18.6 Å². The summed E-state index contributed by atoms with van der Waals surface area (Å²) < 4.78 is 12.0. The molecule has 4 aromatic rings. The van der Waals surface area contributed by atoms with Crippen LogP contribution in [-0.2, 0) is 4.74 Å². The van der Waals surface area contributed by atoms with E-state index in [1.165, 1.54) is 0 Å². The number of carbonyl (C=O) groups is 1. The summed E-state index contributed by atoms with van der Waals surface area (Å²) in [6.07, 6.45) is 8.53. The van der Waals surface area contributed by atoms with E-state index in [1.54, 1.807) is 6.20 Å². The van der Waals surface area contributed by atoms with Crippen LogP contribution in [-0.4, -0.2) is 66.5 Å². The van der Waals surface area contributed by atoms with Crippen molar-refractivity contribution < 1.29 is 19.1 Å². The lowest BCUT2D eigenvalue weighted by Crippen LogP contribution is -2.47. The fraction of sp³-hybridized carbons (Fsp3) is 0.273. The van der Waals surface area contributed by atoms with Crippen molar-refractivity contribution in [3.05, 3.63) is 102 Å². The van der Waals surface area contributed by atoms with Crippen molar-refractivity contribution in [3.63, 3.8) is 0 Å². The van der Waals surface area contributed by atoms with Gasteiger partial charge in [0.05, 0.1) is 31.3 Å². The number of benzene rings is 2. The number of hydrogen-bond donors (Lipinski definition) is 2. The third-order valence-corrected chi connectivity index (χ3v) is 7.71. The number of aromatic nitrogens is 1. The van der Waals surface area contributed by atoms with Crippen LogP contribution in [0.1, 0.15) is 22.5 Å². The Morgan fingerprint density at radius 3 is 2.66 bits per heavy atom. The second-order valence-electron chi connectivity index (χ2n) is 10.5. The number of aliphatic hydroxyl groups is 1. The number of hydrogen-bond acceptors (Lipinski definition) is 7. The van der Waals surface area contributed by atoms with E-state index in [0.717, 1.165) is 66.1 Å². The van der Waals surface area contributed by atoms with Crippen molar-refractivity contribution in [2.45, 2.75) is 19.4 Å². The monoisotopic (exact) mass is 550 g/mol. The number of rotatable bonds is 8. The lowest BCUT2D eigenvalue weighted by atomic mass is 10.0. The molecule has 2 aliphatic rings. The highest BCUT2D eigenvalue weighted by molar-refractivity contribution is 6.06. The van der Waals surface area contributed by atoms with Gasteiger partial charge in [0, 0.05) is 37.1 Å². The van der Waals surface area contributed by atoms with Gasteiger partial charge in [0.2, 0.25) is 0 Å². The Labute approximate surface area is 239 Å². The van der Waals surface area contributed by atoms with E-state index in [1.807, 2.05) is 67.6 Å². The summed E-state index contributed by atoms with van der Waals surface area (Å²) >= 11 is 0. The summed E-state index contributed by atoms with van der Waals surface area (Å²) in [5, 5.41) is 13.2. The molecule has 0 bridgehead atoms. The topological polar surface area (TPSA) is 91.1 Å². The molecule has 2 N–H and O–H groups in total. The van der Waals surface area contributed by atoms with Crippen molar-refractivity contribution in [1.29, 1.82) is 0 Å². The van der Waals surface area contributed by atoms with Crippen LogP contribution in [0.2, 0.25) is 0 Å². The highest BCUT2D eigenvalue weighted by atomic mass is 16.5. The molecule has 3 heterocycles. The van der Waals surface area contributed by atoms with Gasteiger partial charge < -0.3 is 24.5 Å². The third kappa shape index (κ3) is 6.10. The molecule has 6 rings (SSSR count). The van der Waals surface area contributed by atoms with Crippen LogP contribution in [0.4, 0.5) is 11.5 Å². The van der Waals surface area contributed by atoms with Crippen molar-refractivity contribution in [2.75, 3.05) is 49.7 Å². The SMILES string of the molecule is Cc1c(C(=O)Nc2ccc(N3CCN(COC4C=C(CO)C=CC4)CC3)nc2)oc2ccc(-c3ccccc3)cc12. The fourth-order valence-corrected chi connectivity index (χ4v) is 5.33. The Morgan fingerprint density at radius 2 is 1.90 bits per heavy atom. The molecule has 8 nitrogen and oxygen atoms in total. The van der Waals surface area contributed by atoms with Crippen LogP contribution >= 0.6 is 0 Å². The molecule has 210 valence electrons. The van der Waals surface area contributed by atoms with E-state index in [0.29, 0.717) is 23.8 Å². The minimum atomic E-state index is -0.294. The van der Waals surface area contributed by atoms with Gasteiger partial charge in [-0.05, 0) is 54.3 Å². The number of aryl methyl sites for hydroxylation is 1. The van der Waals surface area contributed by atoms with Gasteiger partial charge in [-0.15, -0.1) is 0 Å².